The highest BCUT2D eigenvalue weighted by Crippen LogP contribution is 2.39. The summed E-state index contributed by atoms with van der Waals surface area (Å²) in [6.07, 6.45) is -3.40. The van der Waals surface area contributed by atoms with E-state index in [0.717, 1.165) is 6.07 Å². The molecule has 1 amide bonds. The second kappa shape index (κ2) is 11.0. The first kappa shape index (κ1) is 30.1. The monoisotopic (exact) mass is 567 g/mol. The average Bonchev–Trinajstić information content (AvgIpc) is 3.24. The Bertz CT molecular complexity index is 1450. The molecule has 3 rings (SSSR count). The van der Waals surface area contributed by atoms with Crippen molar-refractivity contribution in [3.05, 3.63) is 65.0 Å². The van der Waals surface area contributed by atoms with E-state index in [1.54, 1.807) is 27.7 Å². The van der Waals surface area contributed by atoms with Crippen LogP contribution in [0.1, 0.15) is 60.9 Å². The molecule has 0 aliphatic rings. The van der Waals surface area contributed by atoms with Crippen LogP contribution < -0.4 is 10.2 Å². The molecule has 1 aromatic carbocycles. The number of aliphatic hydroxyl groups is 1. The molecule has 9 nitrogen and oxygen atoms in total. The SMILES string of the molecule is CCS(=O)(=O)c1ccc(C(CO)NC(=O)c2nn(C(C)(C)C)c(N(C)c3ncccc3C(F)(F)F)c2C)cc1. The minimum absolute atomic E-state index is 0.0418. The number of amides is 1. The molecule has 0 aliphatic heterocycles. The van der Waals surface area contributed by atoms with Gasteiger partial charge in [-0.25, -0.2) is 18.1 Å². The first-order chi connectivity index (χ1) is 18.0. The fraction of sp³-hybridized carbons (Fsp3) is 0.423. The third-order valence-electron chi connectivity index (χ3n) is 6.18. The Morgan fingerprint density at radius 2 is 1.77 bits per heavy atom. The van der Waals surface area contributed by atoms with Gasteiger partial charge in [-0.1, -0.05) is 19.1 Å². The summed E-state index contributed by atoms with van der Waals surface area (Å²) in [5.74, 6) is -0.832. The van der Waals surface area contributed by atoms with Crippen LogP contribution in [0.2, 0.25) is 0 Å². The van der Waals surface area contributed by atoms with Gasteiger partial charge in [0.15, 0.2) is 15.5 Å². The zero-order valence-corrected chi connectivity index (χ0v) is 23.4. The van der Waals surface area contributed by atoms with Crippen molar-refractivity contribution in [3.8, 4) is 0 Å². The molecule has 0 fully saturated rings. The van der Waals surface area contributed by atoms with Gasteiger partial charge in [-0.2, -0.15) is 18.3 Å². The number of aliphatic hydroxyl groups excluding tert-OH is 1. The van der Waals surface area contributed by atoms with Crippen molar-refractivity contribution in [2.24, 2.45) is 0 Å². The zero-order chi connectivity index (χ0) is 29.3. The molecule has 2 heterocycles. The number of aromatic nitrogens is 3. The number of rotatable bonds is 8. The molecule has 13 heteroatoms. The zero-order valence-electron chi connectivity index (χ0n) is 22.5. The topological polar surface area (TPSA) is 117 Å². The van der Waals surface area contributed by atoms with E-state index in [0.29, 0.717) is 11.1 Å². The molecule has 1 unspecified atom stereocenters. The Hall–Kier alpha value is -3.45. The first-order valence-corrected chi connectivity index (χ1v) is 13.8. The van der Waals surface area contributed by atoms with Crippen molar-refractivity contribution in [2.75, 3.05) is 24.3 Å². The second-order valence-electron chi connectivity index (χ2n) is 9.99. The fourth-order valence-corrected chi connectivity index (χ4v) is 4.97. The molecular formula is C26H32F3N5O4S. The van der Waals surface area contributed by atoms with Crippen molar-refractivity contribution < 1.29 is 31.5 Å². The number of nitrogens with one attached hydrogen (secondary N) is 1. The van der Waals surface area contributed by atoms with Crippen LogP contribution in [-0.4, -0.2) is 53.6 Å². The standard InChI is InChI=1S/C26H32F3N5O4S/c1-7-39(37,38)18-12-10-17(11-13-18)20(15-35)31-23(36)21-16(2)24(34(32-21)25(3,4)5)33(6)22-19(26(27,28)29)9-8-14-30-22/h8-14,20,35H,7,15H2,1-6H3,(H,31,36). The summed E-state index contributed by atoms with van der Waals surface area (Å²) in [6, 6.07) is 7.06. The summed E-state index contributed by atoms with van der Waals surface area (Å²) >= 11 is 0. The Kier molecular flexibility index (Phi) is 8.46. The number of anilines is 2. The lowest BCUT2D eigenvalue weighted by Crippen LogP contribution is -2.32. The van der Waals surface area contributed by atoms with Crippen LogP contribution in [0.15, 0.2) is 47.5 Å². The number of nitrogens with zero attached hydrogens (tertiary/aromatic N) is 4. The van der Waals surface area contributed by atoms with Crippen LogP contribution in [0.25, 0.3) is 0 Å². The Balaban J connectivity index is 2.02. The molecule has 0 saturated heterocycles. The number of halogens is 3. The number of hydrogen-bond donors (Lipinski definition) is 2. The van der Waals surface area contributed by atoms with E-state index >= 15 is 0 Å². The normalized spacial score (nSPS) is 13.3. The van der Waals surface area contributed by atoms with E-state index in [4.69, 9.17) is 0 Å². The minimum atomic E-state index is -4.65. The van der Waals surface area contributed by atoms with E-state index in [-0.39, 0.29) is 28.0 Å². The van der Waals surface area contributed by atoms with Gasteiger partial charge in [-0.15, -0.1) is 0 Å². The number of carbonyl (C=O) groups is 1. The first-order valence-electron chi connectivity index (χ1n) is 12.1. The van der Waals surface area contributed by atoms with Crippen LogP contribution in [0.5, 0.6) is 0 Å². The van der Waals surface area contributed by atoms with Gasteiger partial charge >= 0.3 is 6.18 Å². The predicted molar refractivity (Wildman–Crippen MR) is 141 cm³/mol. The molecule has 212 valence electrons. The Morgan fingerprint density at radius 3 is 2.28 bits per heavy atom. The number of pyridine rings is 1. The van der Waals surface area contributed by atoms with Crippen LogP contribution in [-0.2, 0) is 21.6 Å². The number of hydrogen-bond acceptors (Lipinski definition) is 7. The Morgan fingerprint density at radius 1 is 1.15 bits per heavy atom. The second-order valence-corrected chi connectivity index (χ2v) is 12.3. The number of sulfone groups is 1. The molecule has 0 bridgehead atoms. The summed E-state index contributed by atoms with van der Waals surface area (Å²) in [5.41, 5.74) is -0.926. The lowest BCUT2D eigenvalue weighted by Gasteiger charge is -2.28. The van der Waals surface area contributed by atoms with E-state index in [1.165, 1.54) is 60.1 Å². The van der Waals surface area contributed by atoms with Gasteiger partial charge in [-0.05, 0) is 57.5 Å². The lowest BCUT2D eigenvalue weighted by molar-refractivity contribution is -0.137. The van der Waals surface area contributed by atoms with E-state index in [9.17, 15) is 31.5 Å². The third kappa shape index (κ3) is 6.25. The van der Waals surface area contributed by atoms with Crippen molar-refractivity contribution >= 4 is 27.4 Å². The van der Waals surface area contributed by atoms with Crippen LogP contribution in [0.4, 0.5) is 24.8 Å². The quantitative estimate of drug-likeness (QED) is 0.415. The highest BCUT2D eigenvalue weighted by molar-refractivity contribution is 7.91. The molecule has 2 aromatic heterocycles. The highest BCUT2D eigenvalue weighted by atomic mass is 32.2. The predicted octanol–water partition coefficient (Wildman–Crippen LogP) is 4.39. The minimum Gasteiger partial charge on any atom is -0.394 e. The molecule has 1 atom stereocenters. The molecule has 0 aliphatic carbocycles. The molecule has 0 spiro atoms. The maximum Gasteiger partial charge on any atom is 0.419 e. The Labute approximate surface area is 225 Å². The van der Waals surface area contributed by atoms with Gasteiger partial charge < -0.3 is 15.3 Å². The fourth-order valence-electron chi connectivity index (χ4n) is 4.09. The van der Waals surface area contributed by atoms with E-state index < -0.39 is 45.7 Å². The maximum atomic E-state index is 13.7. The van der Waals surface area contributed by atoms with Gasteiger partial charge in [0.25, 0.3) is 5.91 Å². The smallest absolute Gasteiger partial charge is 0.394 e. The van der Waals surface area contributed by atoms with Crippen LogP contribution in [0, 0.1) is 6.92 Å². The molecule has 3 aromatic rings. The molecule has 0 radical (unpaired) electrons. The van der Waals surface area contributed by atoms with Gasteiger partial charge in [0.05, 0.1) is 34.4 Å². The van der Waals surface area contributed by atoms with Gasteiger partial charge in [0, 0.05) is 18.8 Å². The molecule has 0 saturated carbocycles. The summed E-state index contributed by atoms with van der Waals surface area (Å²) in [6.45, 7) is 8.01. The van der Waals surface area contributed by atoms with Crippen LogP contribution in [0.3, 0.4) is 0 Å². The largest absolute Gasteiger partial charge is 0.419 e. The van der Waals surface area contributed by atoms with Gasteiger partial charge in [0.1, 0.15) is 11.6 Å². The van der Waals surface area contributed by atoms with Crippen molar-refractivity contribution in [3.63, 3.8) is 0 Å². The van der Waals surface area contributed by atoms with E-state index in [2.05, 4.69) is 15.4 Å². The molecule has 2 N–H and O–H groups in total. The maximum absolute atomic E-state index is 13.7. The third-order valence-corrected chi connectivity index (χ3v) is 7.93. The number of alkyl halides is 3. The summed E-state index contributed by atoms with van der Waals surface area (Å²) in [5, 5.41) is 17.1. The summed E-state index contributed by atoms with van der Waals surface area (Å²) in [4.78, 5) is 18.7. The van der Waals surface area contributed by atoms with E-state index in [1.807, 2.05) is 0 Å². The number of carbonyl (C=O) groups excluding carboxylic acids is 1. The summed E-state index contributed by atoms with van der Waals surface area (Å²) in [7, 11) is -2.00. The average molecular weight is 568 g/mol. The summed E-state index contributed by atoms with van der Waals surface area (Å²) < 4.78 is 66.9. The van der Waals surface area contributed by atoms with Crippen molar-refractivity contribution in [1.29, 1.82) is 0 Å². The van der Waals surface area contributed by atoms with Gasteiger partial charge in [-0.3, -0.25) is 4.79 Å². The van der Waals surface area contributed by atoms with Gasteiger partial charge in [0.2, 0.25) is 0 Å². The molecular weight excluding hydrogens is 535 g/mol. The van der Waals surface area contributed by atoms with Crippen LogP contribution >= 0.6 is 0 Å². The molecule has 39 heavy (non-hydrogen) atoms. The lowest BCUT2D eigenvalue weighted by atomic mass is 10.1. The van der Waals surface area contributed by atoms with Crippen molar-refractivity contribution in [1.82, 2.24) is 20.1 Å². The highest BCUT2D eigenvalue weighted by Gasteiger charge is 2.37. The van der Waals surface area contributed by atoms with Crippen molar-refractivity contribution in [2.45, 2.75) is 57.3 Å². The number of benzene rings is 1.